The molecule has 3 aromatic rings. The number of amides is 1. The highest BCUT2D eigenvalue weighted by Gasteiger charge is 2.46. The summed E-state index contributed by atoms with van der Waals surface area (Å²) in [7, 11) is 1.55. The third-order valence-electron chi connectivity index (χ3n) is 5.54. The van der Waals surface area contributed by atoms with Gasteiger partial charge < -0.3 is 19.8 Å². The summed E-state index contributed by atoms with van der Waals surface area (Å²) < 4.78 is 5.27. The van der Waals surface area contributed by atoms with Crippen LogP contribution in [0.15, 0.2) is 72.6 Å². The van der Waals surface area contributed by atoms with Gasteiger partial charge in [0.05, 0.1) is 25.3 Å². The Morgan fingerprint density at radius 2 is 1.88 bits per heavy atom. The van der Waals surface area contributed by atoms with Gasteiger partial charge in [0.15, 0.2) is 12.4 Å². The average molecular weight is 431 g/mol. The van der Waals surface area contributed by atoms with E-state index in [4.69, 9.17) is 4.74 Å². The fourth-order valence-corrected chi connectivity index (χ4v) is 3.95. The van der Waals surface area contributed by atoms with Gasteiger partial charge in [0, 0.05) is 17.2 Å². The molecule has 0 radical (unpaired) electrons. The van der Waals surface area contributed by atoms with Crippen LogP contribution in [0.3, 0.4) is 0 Å². The number of aromatic hydroxyl groups is 1. The molecule has 7 nitrogen and oxygen atoms in total. The number of carbonyl (C=O) groups is 2. The van der Waals surface area contributed by atoms with Crippen LogP contribution in [0.4, 0.5) is 0 Å². The SMILES string of the molecule is COc1ccc(C(O)=C2C(=O)C(=O)N(Cc3ccc[nH+]c3)C2c2ccc(O)cc2)cc1C. The zero-order valence-corrected chi connectivity index (χ0v) is 17.7. The molecule has 0 aliphatic carbocycles. The Morgan fingerprint density at radius 1 is 1.12 bits per heavy atom. The third kappa shape index (κ3) is 3.80. The smallest absolute Gasteiger partial charge is 0.295 e. The molecule has 0 saturated carbocycles. The lowest BCUT2D eigenvalue weighted by Crippen LogP contribution is -2.29. The summed E-state index contributed by atoms with van der Waals surface area (Å²) in [5.41, 5.74) is 2.61. The number of aliphatic hydroxyl groups excluding tert-OH is 1. The highest BCUT2D eigenvalue weighted by Crippen LogP contribution is 2.41. The number of hydrogen-bond acceptors (Lipinski definition) is 5. The van der Waals surface area contributed by atoms with Crippen LogP contribution in [0.5, 0.6) is 11.5 Å². The number of ether oxygens (including phenoxy) is 1. The van der Waals surface area contributed by atoms with Gasteiger partial charge in [-0.05, 0) is 54.4 Å². The fraction of sp³-hybridized carbons (Fsp3) is 0.160. The monoisotopic (exact) mass is 431 g/mol. The van der Waals surface area contributed by atoms with Crippen LogP contribution in [0.2, 0.25) is 0 Å². The van der Waals surface area contributed by atoms with Crippen LogP contribution in [-0.2, 0) is 16.1 Å². The normalized spacial score (nSPS) is 17.6. The van der Waals surface area contributed by atoms with Crippen LogP contribution in [-0.4, -0.2) is 33.9 Å². The highest BCUT2D eigenvalue weighted by molar-refractivity contribution is 6.46. The van der Waals surface area contributed by atoms with Crippen molar-refractivity contribution in [2.45, 2.75) is 19.5 Å². The van der Waals surface area contributed by atoms with Gasteiger partial charge >= 0.3 is 0 Å². The lowest BCUT2D eigenvalue weighted by molar-refractivity contribution is -0.378. The van der Waals surface area contributed by atoms with Crippen molar-refractivity contribution in [1.82, 2.24) is 4.90 Å². The first-order valence-corrected chi connectivity index (χ1v) is 10.1. The van der Waals surface area contributed by atoms with Crippen molar-refractivity contribution >= 4 is 17.4 Å². The lowest BCUT2D eigenvalue weighted by atomic mass is 9.94. The number of phenols is 1. The molecule has 1 fully saturated rings. The maximum atomic E-state index is 13.1. The molecule has 7 heteroatoms. The minimum atomic E-state index is -0.807. The molecule has 0 spiro atoms. The number of nitrogens with zero attached hydrogens (tertiary/aromatic N) is 1. The number of aromatic nitrogens is 1. The molecule has 1 unspecified atom stereocenters. The van der Waals surface area contributed by atoms with E-state index < -0.39 is 17.7 Å². The predicted molar refractivity (Wildman–Crippen MR) is 117 cm³/mol. The molecule has 2 aromatic carbocycles. The summed E-state index contributed by atoms with van der Waals surface area (Å²) in [6.45, 7) is 2.00. The number of ketones is 1. The molecule has 32 heavy (non-hydrogen) atoms. The highest BCUT2D eigenvalue weighted by atomic mass is 16.5. The molecule has 1 atom stereocenters. The maximum Gasteiger partial charge on any atom is 0.295 e. The number of carbonyl (C=O) groups excluding carboxylic acids is 2. The van der Waals surface area contributed by atoms with Crippen molar-refractivity contribution in [1.29, 1.82) is 0 Å². The van der Waals surface area contributed by atoms with E-state index in [0.717, 1.165) is 11.1 Å². The predicted octanol–water partition coefficient (Wildman–Crippen LogP) is 3.15. The Hall–Kier alpha value is -4.13. The van der Waals surface area contributed by atoms with Crippen LogP contribution in [0.25, 0.3) is 5.76 Å². The number of methoxy groups -OCH3 is 1. The van der Waals surface area contributed by atoms with Crippen molar-refractivity contribution in [3.8, 4) is 11.5 Å². The molecule has 0 bridgehead atoms. The summed E-state index contributed by atoms with van der Waals surface area (Å²) in [6.07, 6.45) is 3.50. The Morgan fingerprint density at radius 3 is 2.50 bits per heavy atom. The van der Waals surface area contributed by atoms with E-state index >= 15 is 0 Å². The minimum absolute atomic E-state index is 0.00478. The molecule has 4 rings (SSSR count). The first-order valence-electron chi connectivity index (χ1n) is 10.1. The number of aryl methyl sites for hydroxylation is 1. The van der Waals surface area contributed by atoms with Crippen LogP contribution in [0, 0.1) is 6.92 Å². The van der Waals surface area contributed by atoms with Crippen LogP contribution < -0.4 is 9.72 Å². The van der Waals surface area contributed by atoms with Crippen molar-refractivity contribution in [2.75, 3.05) is 7.11 Å². The molecular formula is C25H23N2O5+. The molecule has 1 aliphatic heterocycles. The topological polar surface area (TPSA) is 101 Å². The van der Waals surface area contributed by atoms with Gasteiger partial charge in [-0.25, -0.2) is 4.98 Å². The number of aliphatic hydroxyl groups is 1. The van der Waals surface area contributed by atoms with E-state index in [1.54, 1.807) is 49.8 Å². The molecule has 1 aromatic heterocycles. The molecule has 3 N–H and O–H groups in total. The number of aromatic amines is 1. The Labute approximate surface area is 185 Å². The first-order chi connectivity index (χ1) is 15.4. The third-order valence-corrected chi connectivity index (χ3v) is 5.54. The largest absolute Gasteiger partial charge is 0.508 e. The van der Waals surface area contributed by atoms with E-state index in [1.165, 1.54) is 17.0 Å². The van der Waals surface area contributed by atoms with E-state index in [1.807, 2.05) is 19.1 Å². The number of phenolic OH excluding ortho intramolecular Hbond substituents is 1. The lowest BCUT2D eigenvalue weighted by Gasteiger charge is -2.25. The van der Waals surface area contributed by atoms with E-state index in [-0.39, 0.29) is 23.6 Å². The molecule has 1 amide bonds. The van der Waals surface area contributed by atoms with E-state index in [9.17, 15) is 19.8 Å². The number of hydrogen-bond donors (Lipinski definition) is 2. The van der Waals surface area contributed by atoms with Crippen molar-refractivity contribution in [3.63, 3.8) is 0 Å². The number of likely N-dealkylation sites (tertiary alicyclic amines) is 1. The molecule has 2 heterocycles. The van der Waals surface area contributed by atoms with Crippen LogP contribution >= 0.6 is 0 Å². The second-order valence-electron chi connectivity index (χ2n) is 7.61. The zero-order chi connectivity index (χ0) is 22.8. The van der Waals surface area contributed by atoms with Gasteiger partial charge in [-0.1, -0.05) is 12.1 Å². The van der Waals surface area contributed by atoms with E-state index in [2.05, 4.69) is 4.98 Å². The van der Waals surface area contributed by atoms with Gasteiger partial charge in [0.25, 0.3) is 11.7 Å². The first kappa shape index (κ1) is 21.1. The quantitative estimate of drug-likeness (QED) is 0.367. The van der Waals surface area contributed by atoms with Crippen molar-refractivity contribution < 1.29 is 29.5 Å². The Bertz CT molecular complexity index is 1200. The number of H-pyrrole nitrogens is 1. The second-order valence-corrected chi connectivity index (χ2v) is 7.61. The molecule has 162 valence electrons. The van der Waals surface area contributed by atoms with Crippen molar-refractivity contribution in [2.24, 2.45) is 0 Å². The number of rotatable bonds is 5. The summed E-state index contributed by atoms with van der Waals surface area (Å²) in [4.78, 5) is 30.5. The minimum Gasteiger partial charge on any atom is -0.508 e. The standard InChI is InChI=1S/C25H22N2O5/c1-15-12-18(7-10-20(15)32-2)23(29)21-22(17-5-8-19(28)9-6-17)27(25(31)24(21)30)14-16-4-3-11-26-13-16/h3-13,22,28-29H,14H2,1-2H3/p+1. The zero-order valence-electron chi connectivity index (χ0n) is 17.7. The number of nitrogens with one attached hydrogen (secondary N) is 1. The maximum absolute atomic E-state index is 13.1. The summed E-state index contributed by atoms with van der Waals surface area (Å²) in [5.74, 6) is -0.992. The second kappa shape index (κ2) is 8.55. The van der Waals surface area contributed by atoms with Crippen molar-refractivity contribution in [3.05, 3.63) is 94.8 Å². The Balaban J connectivity index is 1.86. The van der Waals surface area contributed by atoms with Gasteiger partial charge in [-0.3, -0.25) is 9.59 Å². The van der Waals surface area contributed by atoms with Gasteiger partial charge in [0.1, 0.15) is 17.3 Å². The van der Waals surface area contributed by atoms with Crippen LogP contribution in [0.1, 0.15) is 28.3 Å². The summed E-state index contributed by atoms with van der Waals surface area (Å²) in [6, 6.07) is 14.2. The molecule has 1 aliphatic rings. The molecule has 1 saturated heterocycles. The fourth-order valence-electron chi connectivity index (χ4n) is 3.95. The van der Waals surface area contributed by atoms with E-state index in [0.29, 0.717) is 16.9 Å². The van der Waals surface area contributed by atoms with Gasteiger partial charge in [-0.2, -0.15) is 0 Å². The number of Topliss-reactive ketones (excluding diaryl/α,β-unsaturated/α-hetero) is 1. The summed E-state index contributed by atoms with van der Waals surface area (Å²) in [5, 5.41) is 20.9. The average Bonchev–Trinajstić information content (AvgIpc) is 3.04. The molecular weight excluding hydrogens is 408 g/mol. The van der Waals surface area contributed by atoms with Gasteiger partial charge in [-0.15, -0.1) is 0 Å². The Kier molecular flexibility index (Phi) is 5.64. The number of benzene rings is 2. The number of pyridine rings is 1. The summed E-state index contributed by atoms with van der Waals surface area (Å²) >= 11 is 0. The van der Waals surface area contributed by atoms with Gasteiger partial charge in [0.2, 0.25) is 0 Å².